The quantitative estimate of drug-likeness (QED) is 0.527. The number of aryl methyl sites for hydroxylation is 1. The first kappa shape index (κ1) is 18.6. The van der Waals surface area contributed by atoms with Crippen LogP contribution in [0.25, 0.3) is 11.2 Å². The molecule has 0 aromatic carbocycles. The fourth-order valence-corrected chi connectivity index (χ4v) is 2.61. The third-order valence-corrected chi connectivity index (χ3v) is 4.12. The Balaban J connectivity index is 2.12. The van der Waals surface area contributed by atoms with Crippen LogP contribution >= 0.6 is 11.6 Å². The van der Waals surface area contributed by atoms with Crippen molar-refractivity contribution in [3.63, 3.8) is 0 Å². The SMILES string of the molecule is CC(Cl)=CCn1c(NN=Cc2cccnc2)nc2c1c(=O)n(C)c(=O)n2C. The van der Waals surface area contributed by atoms with E-state index in [1.807, 2.05) is 6.07 Å². The van der Waals surface area contributed by atoms with Crippen molar-refractivity contribution in [1.29, 1.82) is 0 Å². The maximum absolute atomic E-state index is 12.6. The molecule has 27 heavy (non-hydrogen) atoms. The molecular weight excluding hydrogens is 370 g/mol. The fourth-order valence-electron chi connectivity index (χ4n) is 2.54. The van der Waals surface area contributed by atoms with Crippen molar-refractivity contribution in [3.8, 4) is 0 Å². The van der Waals surface area contributed by atoms with Crippen LogP contribution in [0, 0.1) is 0 Å². The molecule has 0 spiro atoms. The number of fused-ring (bicyclic) bond motifs is 1. The second kappa shape index (κ2) is 7.58. The number of aromatic nitrogens is 5. The summed E-state index contributed by atoms with van der Waals surface area (Å²) in [6, 6.07) is 3.64. The monoisotopic (exact) mass is 387 g/mol. The Bertz CT molecular complexity index is 1150. The number of rotatable bonds is 5. The minimum atomic E-state index is -0.452. The van der Waals surface area contributed by atoms with Crippen LogP contribution in [0.4, 0.5) is 5.95 Å². The highest BCUT2D eigenvalue weighted by atomic mass is 35.5. The lowest BCUT2D eigenvalue weighted by atomic mass is 10.3. The van der Waals surface area contributed by atoms with Crippen molar-refractivity contribution < 1.29 is 0 Å². The van der Waals surface area contributed by atoms with Gasteiger partial charge in [0.1, 0.15) is 0 Å². The molecular formula is C17H18ClN7O2. The molecule has 1 N–H and O–H groups in total. The number of nitrogens with one attached hydrogen (secondary N) is 1. The number of hydrazone groups is 1. The molecule has 0 saturated carbocycles. The molecule has 0 radical (unpaired) electrons. The summed E-state index contributed by atoms with van der Waals surface area (Å²) in [5.74, 6) is 0.317. The molecule has 0 aliphatic heterocycles. The van der Waals surface area contributed by atoms with Crippen molar-refractivity contribution >= 4 is 34.9 Å². The van der Waals surface area contributed by atoms with Crippen LogP contribution in [-0.4, -0.2) is 29.9 Å². The second-order valence-electron chi connectivity index (χ2n) is 5.87. The van der Waals surface area contributed by atoms with Gasteiger partial charge in [-0.1, -0.05) is 23.7 Å². The molecule has 0 amide bonds. The molecule has 0 aliphatic rings. The maximum atomic E-state index is 12.6. The molecule has 0 aliphatic carbocycles. The molecule has 0 fully saturated rings. The van der Waals surface area contributed by atoms with Gasteiger partial charge in [-0.05, 0) is 13.0 Å². The zero-order chi connectivity index (χ0) is 19.6. The van der Waals surface area contributed by atoms with Gasteiger partial charge >= 0.3 is 5.69 Å². The highest BCUT2D eigenvalue weighted by Gasteiger charge is 2.18. The summed E-state index contributed by atoms with van der Waals surface area (Å²) >= 11 is 5.94. The minimum absolute atomic E-state index is 0.266. The lowest BCUT2D eigenvalue weighted by Gasteiger charge is -2.06. The number of nitrogens with zero attached hydrogens (tertiary/aromatic N) is 6. The van der Waals surface area contributed by atoms with Crippen LogP contribution in [0.5, 0.6) is 0 Å². The maximum Gasteiger partial charge on any atom is 0.332 e. The predicted molar refractivity (Wildman–Crippen MR) is 105 cm³/mol. The summed E-state index contributed by atoms with van der Waals surface area (Å²) in [5, 5.41) is 4.72. The van der Waals surface area contributed by atoms with Gasteiger partial charge in [0.15, 0.2) is 11.2 Å². The Kier molecular flexibility index (Phi) is 5.22. The Morgan fingerprint density at radius 3 is 2.78 bits per heavy atom. The molecule has 3 rings (SSSR count). The third-order valence-electron chi connectivity index (χ3n) is 3.97. The van der Waals surface area contributed by atoms with Crippen LogP contribution in [0.2, 0.25) is 0 Å². The number of hydrogen-bond donors (Lipinski definition) is 1. The van der Waals surface area contributed by atoms with Crippen LogP contribution in [0.1, 0.15) is 12.5 Å². The van der Waals surface area contributed by atoms with E-state index in [2.05, 4.69) is 20.5 Å². The van der Waals surface area contributed by atoms with Crippen molar-refractivity contribution in [2.75, 3.05) is 5.43 Å². The summed E-state index contributed by atoms with van der Waals surface area (Å²) in [4.78, 5) is 33.2. The highest BCUT2D eigenvalue weighted by Crippen LogP contribution is 2.16. The standard InChI is InChI=1S/C17H18ClN7O2/c1-11(18)6-8-25-13-14(23(2)17(27)24(3)15(13)26)21-16(25)22-20-10-12-5-4-7-19-9-12/h4-7,9-10H,8H2,1-3H3,(H,21,22). The van der Waals surface area contributed by atoms with Gasteiger partial charge in [-0.25, -0.2) is 10.2 Å². The van der Waals surface area contributed by atoms with Gasteiger partial charge < -0.3 is 0 Å². The Hall–Kier alpha value is -3.20. The average molecular weight is 388 g/mol. The Morgan fingerprint density at radius 2 is 2.11 bits per heavy atom. The largest absolute Gasteiger partial charge is 0.332 e. The second-order valence-corrected chi connectivity index (χ2v) is 6.47. The molecule has 3 heterocycles. The smallest absolute Gasteiger partial charge is 0.299 e. The van der Waals surface area contributed by atoms with Gasteiger partial charge in [-0.3, -0.25) is 23.5 Å². The summed E-state index contributed by atoms with van der Waals surface area (Å²) < 4.78 is 3.99. The van der Waals surface area contributed by atoms with E-state index in [1.165, 1.54) is 11.6 Å². The van der Waals surface area contributed by atoms with Crippen molar-refractivity contribution in [2.24, 2.45) is 19.2 Å². The van der Waals surface area contributed by atoms with Gasteiger partial charge in [-0.2, -0.15) is 10.1 Å². The molecule has 3 aromatic rings. The zero-order valence-electron chi connectivity index (χ0n) is 15.0. The van der Waals surface area contributed by atoms with E-state index < -0.39 is 11.2 Å². The lowest BCUT2D eigenvalue weighted by molar-refractivity contribution is 0.703. The molecule has 9 nitrogen and oxygen atoms in total. The first-order chi connectivity index (χ1) is 12.9. The molecule has 10 heteroatoms. The summed E-state index contributed by atoms with van der Waals surface area (Å²) in [6.45, 7) is 2.03. The first-order valence-corrected chi connectivity index (χ1v) is 8.45. The fraction of sp³-hybridized carbons (Fsp3) is 0.235. The van der Waals surface area contributed by atoms with E-state index in [-0.39, 0.29) is 11.2 Å². The first-order valence-electron chi connectivity index (χ1n) is 8.07. The molecule has 0 atom stereocenters. The van der Waals surface area contributed by atoms with E-state index in [0.29, 0.717) is 17.5 Å². The highest BCUT2D eigenvalue weighted by molar-refractivity contribution is 6.29. The summed E-state index contributed by atoms with van der Waals surface area (Å²) in [5.41, 5.74) is 3.28. The summed E-state index contributed by atoms with van der Waals surface area (Å²) in [7, 11) is 2.99. The predicted octanol–water partition coefficient (Wildman–Crippen LogP) is 1.42. The Labute approximate surface area is 159 Å². The number of hydrogen-bond acceptors (Lipinski definition) is 6. The molecule has 0 unspecified atom stereocenters. The van der Waals surface area contributed by atoms with Crippen molar-refractivity contribution in [2.45, 2.75) is 13.5 Å². The van der Waals surface area contributed by atoms with E-state index in [4.69, 9.17) is 11.6 Å². The van der Waals surface area contributed by atoms with Crippen LogP contribution < -0.4 is 16.7 Å². The molecule has 3 aromatic heterocycles. The number of imidazole rings is 1. The van der Waals surface area contributed by atoms with Crippen molar-refractivity contribution in [3.05, 3.63) is 62.0 Å². The van der Waals surface area contributed by atoms with Gasteiger partial charge in [0.2, 0.25) is 5.95 Å². The average Bonchev–Trinajstić information content (AvgIpc) is 3.02. The van der Waals surface area contributed by atoms with E-state index in [1.54, 1.807) is 49.3 Å². The van der Waals surface area contributed by atoms with Crippen LogP contribution in [0.15, 0.2) is 50.3 Å². The molecule has 0 saturated heterocycles. The van der Waals surface area contributed by atoms with Gasteiger partial charge in [0.05, 0.1) is 6.21 Å². The Morgan fingerprint density at radius 1 is 1.33 bits per heavy atom. The topological polar surface area (TPSA) is 99.1 Å². The normalized spacial score (nSPS) is 12.2. The zero-order valence-corrected chi connectivity index (χ0v) is 15.8. The molecule has 140 valence electrons. The van der Waals surface area contributed by atoms with E-state index in [0.717, 1.165) is 10.1 Å². The van der Waals surface area contributed by atoms with Crippen LogP contribution in [-0.2, 0) is 20.6 Å². The van der Waals surface area contributed by atoms with E-state index in [9.17, 15) is 9.59 Å². The minimum Gasteiger partial charge on any atom is -0.299 e. The number of anilines is 1. The van der Waals surface area contributed by atoms with Gasteiger partial charge in [-0.15, -0.1) is 0 Å². The van der Waals surface area contributed by atoms with Gasteiger partial charge in [0.25, 0.3) is 5.56 Å². The number of allylic oxidation sites excluding steroid dienone is 2. The number of pyridine rings is 1. The number of halogens is 1. The van der Waals surface area contributed by atoms with Crippen molar-refractivity contribution in [1.82, 2.24) is 23.7 Å². The lowest BCUT2D eigenvalue weighted by Crippen LogP contribution is -2.37. The summed E-state index contributed by atoms with van der Waals surface area (Å²) in [6.07, 6.45) is 6.65. The van der Waals surface area contributed by atoms with Crippen LogP contribution in [0.3, 0.4) is 0 Å². The molecule has 0 bridgehead atoms. The van der Waals surface area contributed by atoms with Gasteiger partial charge in [0, 0.05) is 43.6 Å². The third kappa shape index (κ3) is 3.68. The van der Waals surface area contributed by atoms with E-state index >= 15 is 0 Å².